The molecule has 0 aromatic rings. The summed E-state index contributed by atoms with van der Waals surface area (Å²) in [5, 5.41) is 3.99. The van der Waals surface area contributed by atoms with E-state index < -0.39 is 0 Å². The highest BCUT2D eigenvalue weighted by atomic mass is 35.5. The van der Waals surface area contributed by atoms with Crippen LogP contribution in [0, 0.1) is 5.92 Å². The van der Waals surface area contributed by atoms with Gasteiger partial charge in [0, 0.05) is 23.2 Å². The molecule has 0 amide bonds. The first-order valence-corrected chi connectivity index (χ1v) is 4.73. The van der Waals surface area contributed by atoms with Crippen molar-refractivity contribution in [1.82, 2.24) is 5.32 Å². The second-order valence-corrected chi connectivity index (χ2v) is 3.77. The van der Waals surface area contributed by atoms with E-state index in [9.17, 15) is 0 Å². The van der Waals surface area contributed by atoms with E-state index in [2.05, 4.69) is 12.2 Å². The third kappa shape index (κ3) is 3.46. The van der Waals surface area contributed by atoms with E-state index in [0.717, 1.165) is 5.92 Å². The molecule has 0 aromatic carbocycles. The zero-order valence-corrected chi connectivity index (χ0v) is 8.12. The third-order valence-corrected chi connectivity index (χ3v) is 2.66. The predicted octanol–water partition coefficient (Wildman–Crippen LogP) is 2.69. The Balaban J connectivity index is 2.10. The molecular weight excluding hydrogens is 181 g/mol. The number of hydrogen-bond donors (Lipinski definition) is 1. The molecular formula is C8H13Cl2N. The molecule has 1 nitrogen and oxygen atoms in total. The van der Waals surface area contributed by atoms with Gasteiger partial charge in [-0.2, -0.15) is 0 Å². The van der Waals surface area contributed by atoms with E-state index in [0.29, 0.717) is 17.6 Å². The monoisotopic (exact) mass is 193 g/mol. The topological polar surface area (TPSA) is 12.0 Å². The Morgan fingerprint density at radius 1 is 1.73 bits per heavy atom. The van der Waals surface area contributed by atoms with Crippen molar-refractivity contribution >= 4 is 23.2 Å². The summed E-state index contributed by atoms with van der Waals surface area (Å²) in [6.07, 6.45) is 2.72. The summed E-state index contributed by atoms with van der Waals surface area (Å²) in [5.41, 5.74) is 1.41. The zero-order valence-electron chi connectivity index (χ0n) is 6.61. The third-order valence-electron chi connectivity index (χ3n) is 2.04. The lowest BCUT2D eigenvalue weighted by Gasteiger charge is -2.10. The van der Waals surface area contributed by atoms with Gasteiger partial charge in [-0.3, -0.25) is 0 Å². The average Bonchev–Trinajstić information content (AvgIpc) is 2.81. The van der Waals surface area contributed by atoms with E-state index in [1.165, 1.54) is 18.4 Å². The maximum Gasteiger partial charge on any atom is 0.0431 e. The molecule has 0 radical (unpaired) electrons. The molecule has 1 saturated carbocycles. The van der Waals surface area contributed by atoms with Crippen molar-refractivity contribution in [2.45, 2.75) is 25.8 Å². The van der Waals surface area contributed by atoms with E-state index >= 15 is 0 Å². The summed E-state index contributed by atoms with van der Waals surface area (Å²) in [5.74, 6) is 0.870. The summed E-state index contributed by atoms with van der Waals surface area (Å²) in [7, 11) is 0. The normalized spacial score (nSPS) is 21.9. The Morgan fingerprint density at radius 2 is 2.36 bits per heavy atom. The minimum absolute atomic E-state index is 0.584. The molecule has 1 aliphatic carbocycles. The minimum Gasteiger partial charge on any atom is -0.309 e. The summed E-state index contributed by atoms with van der Waals surface area (Å²) >= 11 is 11.1. The molecule has 1 aliphatic rings. The molecule has 11 heavy (non-hydrogen) atoms. The Labute approximate surface area is 77.8 Å². The molecule has 0 saturated heterocycles. The fraction of sp³-hybridized carbons (Fsp3) is 0.750. The Kier molecular flexibility index (Phi) is 3.70. The number of halogens is 2. The second-order valence-electron chi connectivity index (χ2n) is 3.06. The molecule has 64 valence electrons. The molecule has 1 N–H and O–H groups in total. The lowest BCUT2D eigenvalue weighted by atomic mass is 10.2. The van der Waals surface area contributed by atoms with Crippen molar-refractivity contribution in [2.24, 2.45) is 5.92 Å². The summed E-state index contributed by atoms with van der Waals surface area (Å²) in [6, 6.07) is 0.584. The summed E-state index contributed by atoms with van der Waals surface area (Å²) in [6.45, 7) is 2.89. The Bertz CT molecular complexity index is 152. The fourth-order valence-corrected chi connectivity index (χ4v) is 1.21. The van der Waals surface area contributed by atoms with Gasteiger partial charge in [-0.15, -0.1) is 0 Å². The molecule has 0 bridgehead atoms. The first-order valence-electron chi connectivity index (χ1n) is 3.92. The smallest absolute Gasteiger partial charge is 0.0431 e. The molecule has 0 aromatic heterocycles. The van der Waals surface area contributed by atoms with Gasteiger partial charge >= 0.3 is 0 Å². The molecule has 1 atom stereocenters. The van der Waals surface area contributed by atoms with E-state index in [1.54, 1.807) is 0 Å². The fourth-order valence-electron chi connectivity index (χ4n) is 1.06. The highest BCUT2D eigenvalue weighted by molar-refractivity contribution is 6.36. The molecule has 0 heterocycles. The van der Waals surface area contributed by atoms with Crippen LogP contribution in [-0.2, 0) is 0 Å². The SMILES string of the molecule is CC(NC/C(Cl)=C/Cl)C1CC1. The van der Waals surface area contributed by atoms with Crippen LogP contribution < -0.4 is 5.32 Å². The Hall–Kier alpha value is 0.280. The van der Waals surface area contributed by atoms with Crippen LogP contribution in [0.1, 0.15) is 19.8 Å². The van der Waals surface area contributed by atoms with Crippen LogP contribution in [0.25, 0.3) is 0 Å². The van der Waals surface area contributed by atoms with Gasteiger partial charge in [-0.25, -0.2) is 0 Å². The molecule has 1 unspecified atom stereocenters. The van der Waals surface area contributed by atoms with Crippen LogP contribution in [-0.4, -0.2) is 12.6 Å². The van der Waals surface area contributed by atoms with E-state index in [1.807, 2.05) is 0 Å². The average molecular weight is 194 g/mol. The number of hydrogen-bond acceptors (Lipinski definition) is 1. The number of rotatable bonds is 4. The lowest BCUT2D eigenvalue weighted by molar-refractivity contribution is 0.522. The van der Waals surface area contributed by atoms with Gasteiger partial charge in [0.15, 0.2) is 0 Å². The van der Waals surface area contributed by atoms with Crippen LogP contribution in [0.4, 0.5) is 0 Å². The second kappa shape index (κ2) is 4.34. The molecule has 0 aliphatic heterocycles. The van der Waals surface area contributed by atoms with Gasteiger partial charge in [0.2, 0.25) is 0 Å². The van der Waals surface area contributed by atoms with Crippen molar-refractivity contribution in [3.8, 4) is 0 Å². The maximum absolute atomic E-state index is 5.70. The standard InChI is InChI=1S/C8H13Cl2N/c1-6(7-2-3-7)11-5-8(10)4-9/h4,6-7,11H,2-3,5H2,1H3/b8-4-. The van der Waals surface area contributed by atoms with Gasteiger partial charge in [0.1, 0.15) is 0 Å². The highest BCUT2D eigenvalue weighted by Crippen LogP contribution is 2.32. The summed E-state index contributed by atoms with van der Waals surface area (Å²) in [4.78, 5) is 0. The van der Waals surface area contributed by atoms with Crippen LogP contribution in [0.15, 0.2) is 10.6 Å². The van der Waals surface area contributed by atoms with Crippen LogP contribution >= 0.6 is 23.2 Å². The van der Waals surface area contributed by atoms with Crippen LogP contribution in [0.2, 0.25) is 0 Å². The van der Waals surface area contributed by atoms with Crippen molar-refractivity contribution in [3.05, 3.63) is 10.6 Å². The molecule has 1 fully saturated rings. The quantitative estimate of drug-likeness (QED) is 0.725. The summed E-state index contributed by atoms with van der Waals surface area (Å²) < 4.78 is 0. The van der Waals surface area contributed by atoms with Crippen molar-refractivity contribution < 1.29 is 0 Å². The maximum atomic E-state index is 5.70. The first kappa shape index (κ1) is 9.37. The molecule has 3 heteroatoms. The van der Waals surface area contributed by atoms with Gasteiger partial charge in [0.05, 0.1) is 0 Å². The minimum atomic E-state index is 0.584. The Morgan fingerprint density at radius 3 is 2.82 bits per heavy atom. The molecule has 1 rings (SSSR count). The van der Waals surface area contributed by atoms with Crippen molar-refractivity contribution in [1.29, 1.82) is 0 Å². The zero-order chi connectivity index (χ0) is 8.27. The number of nitrogens with one attached hydrogen (secondary N) is 1. The van der Waals surface area contributed by atoms with Crippen molar-refractivity contribution in [2.75, 3.05) is 6.54 Å². The van der Waals surface area contributed by atoms with Crippen LogP contribution in [0.3, 0.4) is 0 Å². The largest absolute Gasteiger partial charge is 0.309 e. The predicted molar refractivity (Wildman–Crippen MR) is 50.0 cm³/mol. The van der Waals surface area contributed by atoms with Crippen molar-refractivity contribution in [3.63, 3.8) is 0 Å². The first-order chi connectivity index (χ1) is 5.24. The van der Waals surface area contributed by atoms with Crippen LogP contribution in [0.5, 0.6) is 0 Å². The molecule has 0 spiro atoms. The van der Waals surface area contributed by atoms with Gasteiger partial charge < -0.3 is 5.32 Å². The van der Waals surface area contributed by atoms with E-state index in [4.69, 9.17) is 23.2 Å². The van der Waals surface area contributed by atoms with Gasteiger partial charge in [-0.1, -0.05) is 23.2 Å². The van der Waals surface area contributed by atoms with Gasteiger partial charge in [-0.05, 0) is 25.7 Å². The lowest BCUT2D eigenvalue weighted by Crippen LogP contribution is -2.28. The van der Waals surface area contributed by atoms with Gasteiger partial charge in [0.25, 0.3) is 0 Å². The highest BCUT2D eigenvalue weighted by Gasteiger charge is 2.27. The van der Waals surface area contributed by atoms with E-state index in [-0.39, 0.29) is 0 Å².